The maximum absolute atomic E-state index is 13.3. The monoisotopic (exact) mass is 249 g/mol. The number of rotatable bonds is 2. The van der Waals surface area contributed by atoms with Crippen molar-refractivity contribution in [3.8, 4) is 0 Å². The van der Waals surface area contributed by atoms with Gasteiger partial charge in [0.1, 0.15) is 11.6 Å². The summed E-state index contributed by atoms with van der Waals surface area (Å²) in [7, 11) is 0. The van der Waals surface area contributed by atoms with E-state index >= 15 is 0 Å². The van der Waals surface area contributed by atoms with E-state index < -0.39 is 0 Å². The van der Waals surface area contributed by atoms with Crippen LogP contribution < -0.4 is 0 Å². The van der Waals surface area contributed by atoms with Crippen molar-refractivity contribution in [2.24, 2.45) is 5.92 Å². The molecule has 1 heterocycles. The van der Waals surface area contributed by atoms with Crippen LogP contribution in [0.4, 0.5) is 4.39 Å². The first-order valence-corrected chi connectivity index (χ1v) is 6.54. The summed E-state index contributed by atoms with van der Waals surface area (Å²) < 4.78 is 13.3. The van der Waals surface area contributed by atoms with Crippen molar-refractivity contribution in [2.45, 2.75) is 39.3 Å². The zero-order valence-corrected chi connectivity index (χ0v) is 11.2. The Kier molecular flexibility index (Phi) is 3.81. The van der Waals surface area contributed by atoms with Crippen LogP contribution in [0.3, 0.4) is 0 Å². The average Bonchev–Trinajstić information content (AvgIpc) is 2.35. The molecule has 98 valence electrons. The molecule has 0 aromatic heterocycles. The summed E-state index contributed by atoms with van der Waals surface area (Å²) in [5.41, 5.74) is 0.975. The normalized spacial score (nSPS) is 27.2. The lowest BCUT2D eigenvalue weighted by Crippen LogP contribution is -2.47. The van der Waals surface area contributed by atoms with Crippen molar-refractivity contribution in [1.82, 2.24) is 4.90 Å². The van der Waals surface area contributed by atoms with Crippen LogP contribution in [-0.2, 0) is 4.79 Å². The second-order valence-corrected chi connectivity index (χ2v) is 5.21. The molecule has 1 aromatic rings. The lowest BCUT2D eigenvalue weighted by Gasteiger charge is -2.41. The van der Waals surface area contributed by atoms with Crippen LogP contribution in [0.2, 0.25) is 0 Å². The first-order valence-electron chi connectivity index (χ1n) is 6.54. The number of likely N-dealkylation sites (tertiary alicyclic amines) is 1. The van der Waals surface area contributed by atoms with Gasteiger partial charge in [-0.15, -0.1) is 0 Å². The molecule has 0 radical (unpaired) electrons. The van der Waals surface area contributed by atoms with Gasteiger partial charge in [0.05, 0.1) is 0 Å². The summed E-state index contributed by atoms with van der Waals surface area (Å²) in [5.74, 6) is 0.202. The number of benzene rings is 1. The minimum Gasteiger partial charge on any atom is -0.299 e. The third-order valence-electron chi connectivity index (χ3n) is 4.20. The zero-order valence-electron chi connectivity index (χ0n) is 11.2. The molecule has 0 aliphatic carbocycles. The quantitative estimate of drug-likeness (QED) is 0.802. The third kappa shape index (κ3) is 2.46. The van der Waals surface area contributed by atoms with Gasteiger partial charge in [-0.1, -0.05) is 19.1 Å². The van der Waals surface area contributed by atoms with Crippen molar-refractivity contribution in [2.75, 3.05) is 6.54 Å². The Balaban J connectivity index is 2.18. The van der Waals surface area contributed by atoms with Gasteiger partial charge in [-0.2, -0.15) is 0 Å². The van der Waals surface area contributed by atoms with E-state index in [-0.39, 0.29) is 23.8 Å². The van der Waals surface area contributed by atoms with Gasteiger partial charge >= 0.3 is 0 Å². The molecular formula is C15H20FNO. The van der Waals surface area contributed by atoms with Crippen LogP contribution in [0, 0.1) is 11.7 Å². The number of halogens is 1. The summed E-state index contributed by atoms with van der Waals surface area (Å²) in [6.45, 7) is 6.91. The lowest BCUT2D eigenvalue weighted by molar-refractivity contribution is -0.128. The number of piperidine rings is 1. The van der Waals surface area contributed by atoms with Gasteiger partial charge in [0, 0.05) is 31.0 Å². The largest absolute Gasteiger partial charge is 0.299 e. The first kappa shape index (κ1) is 13.2. The van der Waals surface area contributed by atoms with E-state index in [9.17, 15) is 9.18 Å². The van der Waals surface area contributed by atoms with Gasteiger partial charge in [-0.05, 0) is 31.5 Å². The van der Waals surface area contributed by atoms with Gasteiger partial charge in [0.15, 0.2) is 0 Å². The molecule has 2 rings (SSSR count). The second kappa shape index (κ2) is 5.19. The molecule has 3 heteroatoms. The van der Waals surface area contributed by atoms with Crippen LogP contribution in [0.1, 0.15) is 38.8 Å². The first-order chi connectivity index (χ1) is 8.50. The van der Waals surface area contributed by atoms with E-state index in [1.807, 2.05) is 13.0 Å². The molecule has 0 bridgehead atoms. The Bertz CT molecular complexity index is 446. The van der Waals surface area contributed by atoms with E-state index in [2.05, 4.69) is 18.7 Å². The number of hydrogen-bond acceptors (Lipinski definition) is 2. The highest BCUT2D eigenvalue weighted by molar-refractivity contribution is 5.82. The number of carbonyl (C=O) groups excluding carboxylic acids is 1. The lowest BCUT2D eigenvalue weighted by atomic mass is 9.88. The Hall–Kier alpha value is -1.22. The van der Waals surface area contributed by atoms with Crippen molar-refractivity contribution in [3.05, 3.63) is 35.6 Å². The Labute approximate surface area is 108 Å². The second-order valence-electron chi connectivity index (χ2n) is 5.21. The molecule has 0 spiro atoms. The molecule has 1 aromatic carbocycles. The molecule has 0 saturated carbocycles. The highest BCUT2D eigenvalue weighted by Gasteiger charge is 2.33. The molecule has 3 unspecified atom stereocenters. The number of ketones is 1. The molecule has 1 saturated heterocycles. The minimum absolute atomic E-state index is 0.0646. The SMILES string of the molecule is CC1C(=O)CCN(C(C)c2cccc(F)c2)C1C. The van der Waals surface area contributed by atoms with E-state index in [0.717, 1.165) is 12.1 Å². The number of nitrogens with zero attached hydrogens (tertiary/aromatic N) is 1. The smallest absolute Gasteiger partial charge is 0.138 e. The molecule has 1 aliphatic heterocycles. The van der Waals surface area contributed by atoms with E-state index in [0.29, 0.717) is 12.2 Å². The van der Waals surface area contributed by atoms with Gasteiger partial charge in [-0.3, -0.25) is 9.69 Å². The predicted molar refractivity (Wildman–Crippen MR) is 69.8 cm³/mol. The fourth-order valence-corrected chi connectivity index (χ4v) is 2.73. The molecule has 3 atom stereocenters. The molecule has 0 N–H and O–H groups in total. The molecule has 18 heavy (non-hydrogen) atoms. The summed E-state index contributed by atoms with van der Waals surface area (Å²) in [4.78, 5) is 14.0. The summed E-state index contributed by atoms with van der Waals surface area (Å²) in [6.07, 6.45) is 0.602. The van der Waals surface area contributed by atoms with Crippen LogP contribution in [0.25, 0.3) is 0 Å². The highest BCUT2D eigenvalue weighted by Crippen LogP contribution is 2.29. The third-order valence-corrected chi connectivity index (χ3v) is 4.20. The van der Waals surface area contributed by atoms with Gasteiger partial charge in [0.25, 0.3) is 0 Å². The summed E-state index contributed by atoms with van der Waals surface area (Å²) >= 11 is 0. The van der Waals surface area contributed by atoms with Crippen LogP contribution in [-0.4, -0.2) is 23.3 Å². The zero-order chi connectivity index (χ0) is 13.3. The standard InChI is InChI=1S/C15H20FNO/c1-10-11(2)17(8-7-15(10)18)12(3)13-5-4-6-14(16)9-13/h4-6,9-12H,7-8H2,1-3H3. The molecule has 0 amide bonds. The fourth-order valence-electron chi connectivity index (χ4n) is 2.73. The molecule has 1 fully saturated rings. The van der Waals surface area contributed by atoms with Gasteiger partial charge < -0.3 is 0 Å². The summed E-state index contributed by atoms with van der Waals surface area (Å²) in [6, 6.07) is 7.09. The Morgan fingerprint density at radius 2 is 2.11 bits per heavy atom. The number of hydrogen-bond donors (Lipinski definition) is 0. The van der Waals surface area contributed by atoms with Crippen molar-refractivity contribution in [1.29, 1.82) is 0 Å². The fraction of sp³-hybridized carbons (Fsp3) is 0.533. The van der Waals surface area contributed by atoms with Gasteiger partial charge in [0.2, 0.25) is 0 Å². The van der Waals surface area contributed by atoms with E-state index in [1.165, 1.54) is 6.07 Å². The van der Waals surface area contributed by atoms with E-state index in [1.54, 1.807) is 12.1 Å². The Morgan fingerprint density at radius 3 is 2.78 bits per heavy atom. The predicted octanol–water partition coefficient (Wildman–Crippen LogP) is 3.19. The minimum atomic E-state index is -0.201. The number of carbonyl (C=O) groups is 1. The average molecular weight is 249 g/mol. The van der Waals surface area contributed by atoms with Gasteiger partial charge in [-0.25, -0.2) is 4.39 Å². The highest BCUT2D eigenvalue weighted by atomic mass is 19.1. The number of Topliss-reactive ketones (excluding diaryl/α,β-unsaturated/α-hetero) is 1. The van der Waals surface area contributed by atoms with Crippen molar-refractivity contribution >= 4 is 5.78 Å². The maximum atomic E-state index is 13.3. The van der Waals surface area contributed by atoms with E-state index in [4.69, 9.17) is 0 Å². The van der Waals surface area contributed by atoms with Crippen molar-refractivity contribution in [3.63, 3.8) is 0 Å². The Morgan fingerprint density at radius 1 is 1.39 bits per heavy atom. The van der Waals surface area contributed by atoms with Crippen LogP contribution in [0.15, 0.2) is 24.3 Å². The van der Waals surface area contributed by atoms with Crippen LogP contribution in [0.5, 0.6) is 0 Å². The van der Waals surface area contributed by atoms with Crippen LogP contribution >= 0.6 is 0 Å². The van der Waals surface area contributed by atoms with Crippen molar-refractivity contribution < 1.29 is 9.18 Å². The molecule has 2 nitrogen and oxygen atoms in total. The topological polar surface area (TPSA) is 20.3 Å². The molecular weight excluding hydrogens is 229 g/mol. The maximum Gasteiger partial charge on any atom is 0.138 e. The molecule has 1 aliphatic rings. The summed E-state index contributed by atoms with van der Waals surface area (Å²) in [5, 5.41) is 0.